The van der Waals surface area contributed by atoms with E-state index in [2.05, 4.69) is 42.0 Å². The molecule has 5 heteroatoms. The molecule has 0 atom stereocenters. The first-order valence-corrected chi connectivity index (χ1v) is 10.0. The van der Waals surface area contributed by atoms with E-state index in [9.17, 15) is 4.79 Å². The van der Waals surface area contributed by atoms with E-state index in [0.717, 1.165) is 60.3 Å². The first-order valence-electron chi connectivity index (χ1n) is 9.22. The van der Waals surface area contributed by atoms with Crippen LogP contribution in [0.2, 0.25) is 0 Å². The Morgan fingerprint density at radius 3 is 2.54 bits per heavy atom. The van der Waals surface area contributed by atoms with Crippen molar-refractivity contribution in [3.63, 3.8) is 0 Å². The van der Waals surface area contributed by atoms with Crippen molar-refractivity contribution >= 4 is 23.4 Å². The summed E-state index contributed by atoms with van der Waals surface area (Å²) in [6.45, 7) is 8.08. The largest absolute Gasteiger partial charge is 0.306 e. The number of carbonyl (C=O) groups is 1. The van der Waals surface area contributed by atoms with Crippen molar-refractivity contribution < 1.29 is 4.79 Å². The fraction of sp³-hybridized carbons (Fsp3) is 0.381. The average molecular weight is 368 g/mol. The third-order valence-electron chi connectivity index (χ3n) is 5.22. The number of benzene rings is 2. The predicted molar refractivity (Wildman–Crippen MR) is 107 cm³/mol. The quantitative estimate of drug-likeness (QED) is 0.831. The average Bonchev–Trinajstić information content (AvgIpc) is 2.76. The van der Waals surface area contributed by atoms with Gasteiger partial charge in [0.2, 0.25) is 0 Å². The summed E-state index contributed by atoms with van der Waals surface area (Å²) in [5, 5.41) is 0. The fourth-order valence-corrected chi connectivity index (χ4v) is 4.62. The van der Waals surface area contributed by atoms with Gasteiger partial charge in [-0.2, -0.15) is 0 Å². The van der Waals surface area contributed by atoms with E-state index in [1.807, 2.05) is 29.2 Å². The minimum Gasteiger partial charge on any atom is -0.306 e. The second-order valence-corrected chi connectivity index (χ2v) is 8.25. The van der Waals surface area contributed by atoms with Gasteiger partial charge < -0.3 is 9.80 Å². The molecule has 2 aromatic carbocycles. The molecule has 4 nitrogen and oxygen atoms in total. The van der Waals surface area contributed by atoms with Gasteiger partial charge in [-0.1, -0.05) is 30.0 Å². The molecule has 4 rings (SSSR count). The zero-order valence-corrected chi connectivity index (χ0v) is 16.3. The molecule has 0 saturated carbocycles. The van der Waals surface area contributed by atoms with E-state index < -0.39 is 0 Å². The van der Waals surface area contributed by atoms with Crippen molar-refractivity contribution in [3.05, 3.63) is 53.6 Å². The standard InChI is InChI=1S/C21H25N3OS/c1-16-7-8-20-18(15-16)24(14-13-23-11-9-22(2)10-12-23)21(25)17-5-3-4-6-19(17)26-20/h3-8,15H,9-14H2,1-2H3. The van der Waals surface area contributed by atoms with E-state index in [1.54, 1.807) is 11.8 Å². The number of nitrogens with zero attached hydrogens (tertiary/aromatic N) is 3. The summed E-state index contributed by atoms with van der Waals surface area (Å²) >= 11 is 1.70. The molecule has 1 amide bonds. The Morgan fingerprint density at radius 1 is 0.962 bits per heavy atom. The topological polar surface area (TPSA) is 26.8 Å². The van der Waals surface area contributed by atoms with E-state index in [0.29, 0.717) is 0 Å². The fourth-order valence-electron chi connectivity index (χ4n) is 3.57. The van der Waals surface area contributed by atoms with Crippen LogP contribution >= 0.6 is 11.8 Å². The molecule has 0 aliphatic carbocycles. The monoisotopic (exact) mass is 367 g/mol. The van der Waals surface area contributed by atoms with Gasteiger partial charge in [-0.25, -0.2) is 0 Å². The van der Waals surface area contributed by atoms with Gasteiger partial charge in [0.1, 0.15) is 0 Å². The lowest BCUT2D eigenvalue weighted by molar-refractivity contribution is 0.0975. The Balaban J connectivity index is 1.63. The van der Waals surface area contributed by atoms with Crippen LogP contribution in [0.25, 0.3) is 0 Å². The molecule has 2 aliphatic rings. The van der Waals surface area contributed by atoms with Crippen LogP contribution in [0, 0.1) is 6.92 Å². The molecule has 2 aromatic rings. The number of hydrogen-bond donors (Lipinski definition) is 0. The van der Waals surface area contributed by atoms with Crippen LogP contribution in [0.15, 0.2) is 52.3 Å². The number of likely N-dealkylation sites (N-methyl/N-ethyl adjacent to an activating group) is 1. The van der Waals surface area contributed by atoms with Crippen LogP contribution < -0.4 is 4.90 Å². The van der Waals surface area contributed by atoms with Crippen LogP contribution in [-0.2, 0) is 0 Å². The highest BCUT2D eigenvalue weighted by atomic mass is 32.2. The van der Waals surface area contributed by atoms with Gasteiger partial charge in [0, 0.05) is 49.1 Å². The third-order valence-corrected chi connectivity index (χ3v) is 6.36. The van der Waals surface area contributed by atoms with Gasteiger partial charge in [0.05, 0.1) is 11.3 Å². The number of rotatable bonds is 3. The molecular formula is C21H25N3OS. The zero-order chi connectivity index (χ0) is 18.1. The highest BCUT2D eigenvalue weighted by molar-refractivity contribution is 7.99. The summed E-state index contributed by atoms with van der Waals surface area (Å²) in [7, 11) is 2.17. The lowest BCUT2D eigenvalue weighted by Gasteiger charge is -2.34. The molecule has 1 fully saturated rings. The van der Waals surface area contributed by atoms with Crippen molar-refractivity contribution in [1.29, 1.82) is 0 Å². The van der Waals surface area contributed by atoms with E-state index in [1.165, 1.54) is 5.56 Å². The lowest BCUT2D eigenvalue weighted by atomic mass is 10.1. The maximum absolute atomic E-state index is 13.3. The van der Waals surface area contributed by atoms with Crippen LogP contribution in [-0.4, -0.2) is 62.0 Å². The van der Waals surface area contributed by atoms with E-state index in [4.69, 9.17) is 0 Å². The summed E-state index contributed by atoms with van der Waals surface area (Å²) in [4.78, 5) is 22.3. The molecule has 2 heterocycles. The Hall–Kier alpha value is -1.82. The number of aryl methyl sites for hydroxylation is 1. The lowest BCUT2D eigenvalue weighted by Crippen LogP contribution is -2.47. The van der Waals surface area contributed by atoms with Gasteiger partial charge in [-0.3, -0.25) is 9.69 Å². The molecule has 2 aliphatic heterocycles. The Labute approximate surface area is 159 Å². The number of piperazine rings is 1. The number of hydrogen-bond acceptors (Lipinski definition) is 4. The van der Waals surface area contributed by atoms with Crippen LogP contribution in [0.4, 0.5) is 5.69 Å². The molecule has 0 aromatic heterocycles. The van der Waals surface area contributed by atoms with Crippen molar-refractivity contribution in [2.45, 2.75) is 16.7 Å². The summed E-state index contributed by atoms with van der Waals surface area (Å²) in [6.07, 6.45) is 0. The SMILES string of the molecule is Cc1ccc2c(c1)N(CCN1CCN(C)CC1)C(=O)c1ccccc1S2. The zero-order valence-electron chi connectivity index (χ0n) is 15.4. The van der Waals surface area contributed by atoms with Crippen LogP contribution in [0.3, 0.4) is 0 Å². The normalized spacial score (nSPS) is 18.4. The minimum absolute atomic E-state index is 0.117. The first-order chi connectivity index (χ1) is 12.6. The predicted octanol–water partition coefficient (Wildman–Crippen LogP) is 3.35. The summed E-state index contributed by atoms with van der Waals surface area (Å²) in [5.41, 5.74) is 3.04. The number of amides is 1. The molecule has 136 valence electrons. The molecule has 0 bridgehead atoms. The molecule has 1 saturated heterocycles. The summed E-state index contributed by atoms with van der Waals surface area (Å²) < 4.78 is 0. The van der Waals surface area contributed by atoms with Crippen molar-refractivity contribution in [2.24, 2.45) is 0 Å². The third kappa shape index (κ3) is 3.52. The highest BCUT2D eigenvalue weighted by Gasteiger charge is 2.27. The molecule has 0 spiro atoms. The smallest absolute Gasteiger partial charge is 0.259 e. The van der Waals surface area contributed by atoms with Crippen molar-refractivity contribution in [1.82, 2.24) is 9.80 Å². The van der Waals surface area contributed by atoms with Gasteiger partial charge >= 0.3 is 0 Å². The second kappa shape index (κ2) is 7.43. The second-order valence-electron chi connectivity index (χ2n) is 7.17. The minimum atomic E-state index is 0.117. The van der Waals surface area contributed by atoms with Gasteiger partial charge in [0.25, 0.3) is 5.91 Å². The van der Waals surface area contributed by atoms with Crippen molar-refractivity contribution in [3.8, 4) is 0 Å². The Morgan fingerprint density at radius 2 is 1.73 bits per heavy atom. The molecule has 26 heavy (non-hydrogen) atoms. The van der Waals surface area contributed by atoms with Crippen LogP contribution in [0.5, 0.6) is 0 Å². The molecule has 0 unspecified atom stereocenters. The van der Waals surface area contributed by atoms with Crippen molar-refractivity contribution in [2.75, 3.05) is 51.2 Å². The number of fused-ring (bicyclic) bond motifs is 2. The maximum Gasteiger partial charge on any atom is 0.259 e. The summed E-state index contributed by atoms with van der Waals surface area (Å²) in [6, 6.07) is 14.4. The molecule has 0 radical (unpaired) electrons. The first kappa shape index (κ1) is 17.6. The van der Waals surface area contributed by atoms with E-state index >= 15 is 0 Å². The Kier molecular flexibility index (Phi) is 5.02. The summed E-state index contributed by atoms with van der Waals surface area (Å²) in [5.74, 6) is 0.117. The van der Waals surface area contributed by atoms with Gasteiger partial charge in [0.15, 0.2) is 0 Å². The van der Waals surface area contributed by atoms with Gasteiger partial charge in [-0.05, 0) is 43.8 Å². The van der Waals surface area contributed by atoms with E-state index in [-0.39, 0.29) is 5.91 Å². The number of anilines is 1. The number of carbonyl (C=O) groups excluding carboxylic acids is 1. The Bertz CT molecular complexity index is 815. The van der Waals surface area contributed by atoms with Crippen LogP contribution in [0.1, 0.15) is 15.9 Å². The maximum atomic E-state index is 13.3. The highest BCUT2D eigenvalue weighted by Crippen LogP contribution is 2.41. The molecular weight excluding hydrogens is 342 g/mol. The molecule has 0 N–H and O–H groups in total. The van der Waals surface area contributed by atoms with Gasteiger partial charge in [-0.15, -0.1) is 0 Å².